The monoisotopic (exact) mass is 1750 g/mol. The summed E-state index contributed by atoms with van der Waals surface area (Å²) < 4.78 is 44.9. The van der Waals surface area contributed by atoms with Gasteiger partial charge in [0.15, 0.2) is 22.8 Å². The number of pyridine rings is 4. The van der Waals surface area contributed by atoms with Crippen molar-refractivity contribution in [3.8, 4) is 45.0 Å². The van der Waals surface area contributed by atoms with Crippen LogP contribution in [0.15, 0.2) is 218 Å². The average molecular weight is 1750 g/mol. The highest BCUT2D eigenvalue weighted by atomic mass is 15.0. The van der Waals surface area contributed by atoms with Crippen molar-refractivity contribution in [2.24, 2.45) is 33.6 Å². The van der Waals surface area contributed by atoms with Gasteiger partial charge in [0.05, 0.1) is 49.3 Å². The van der Waals surface area contributed by atoms with Gasteiger partial charge in [0.2, 0.25) is 22.8 Å². The molecule has 0 atom stereocenters. The topological polar surface area (TPSA) is 15.5 Å². The largest absolute Gasteiger partial charge is 0.220 e. The van der Waals surface area contributed by atoms with Crippen LogP contribution in [0.25, 0.3) is 131 Å². The third-order valence-electron chi connectivity index (χ3n) is 31.5. The SMILES string of the molecule is [2H]c1c(C)[n+](C)c(-c2cc(C(C)(C)C)c3ccccc3c2C)c2ccc(C(CC)CC)cc12.[2H]c1c(C)[n+](C)c(-c2cc(C(C)(C)C)c3ccccc3c2C)c2ccc(C3CCC(C)(C)CC3)cc12.[2H]c1c(C)[n+](C)c(-c2cc(C(C)(C)C)c3ccccc3c2C)c2ccc(C3CCCC3)cc12.[2H]c1c(C)[n+](C)c(-c2cc(C(C)(C)C)c3ccccc3c2C)c2ccc(C3CCCCC3)cc12. The van der Waals surface area contributed by atoms with Crippen molar-refractivity contribution in [3.05, 3.63) is 308 Å². The number of benzene rings is 12. The molecule has 3 saturated carbocycles. The summed E-state index contributed by atoms with van der Waals surface area (Å²) in [6, 6.07) is 75.3. The molecule has 0 saturated heterocycles. The van der Waals surface area contributed by atoms with E-state index in [1.807, 2.05) is 0 Å². The van der Waals surface area contributed by atoms with Crippen LogP contribution in [-0.4, -0.2) is 0 Å². The Labute approximate surface area is 799 Å². The Morgan fingerprint density at radius 3 is 0.788 bits per heavy atom. The maximum atomic E-state index is 9.07. The van der Waals surface area contributed by atoms with E-state index in [2.05, 4.69) is 407 Å². The molecule has 3 aliphatic rings. The van der Waals surface area contributed by atoms with Gasteiger partial charge in [-0.25, -0.2) is 0 Å². The lowest BCUT2D eigenvalue weighted by Gasteiger charge is -2.34. The number of hydrogen-bond donors (Lipinski definition) is 0. The van der Waals surface area contributed by atoms with Crippen molar-refractivity contribution in [2.75, 3.05) is 0 Å². The quantitative estimate of drug-likeness (QED) is 0.121. The van der Waals surface area contributed by atoms with Crippen LogP contribution in [0, 0.1) is 60.8 Å². The van der Waals surface area contributed by atoms with Crippen molar-refractivity contribution in [1.29, 1.82) is 0 Å². The first-order chi connectivity index (χ1) is 64.3. The maximum absolute atomic E-state index is 9.07. The molecule has 0 spiro atoms. The van der Waals surface area contributed by atoms with E-state index in [4.69, 9.17) is 5.48 Å². The van der Waals surface area contributed by atoms with Crippen molar-refractivity contribution >= 4 is 86.2 Å². The minimum Gasteiger partial charge on any atom is -0.198 e. The lowest BCUT2D eigenvalue weighted by atomic mass is 9.71. The summed E-state index contributed by atoms with van der Waals surface area (Å²) in [6.07, 6.45) is 19.1. The molecule has 12 aromatic carbocycles. The predicted molar refractivity (Wildman–Crippen MR) is 570 cm³/mol. The Bertz CT molecular complexity index is 7160. The van der Waals surface area contributed by atoms with E-state index in [1.165, 1.54) is 260 Å². The van der Waals surface area contributed by atoms with E-state index >= 15 is 0 Å². The molecule has 4 aromatic heterocycles. The number of fused-ring (bicyclic) bond motifs is 8. The zero-order valence-corrected chi connectivity index (χ0v) is 85.7. The molecule has 132 heavy (non-hydrogen) atoms. The van der Waals surface area contributed by atoms with Crippen molar-refractivity contribution in [1.82, 2.24) is 0 Å². The zero-order chi connectivity index (χ0) is 97.8. The minimum absolute atomic E-state index is 0.0305. The summed E-state index contributed by atoms with van der Waals surface area (Å²) in [5, 5.41) is 19.7. The lowest BCUT2D eigenvalue weighted by Crippen LogP contribution is -2.35. The Balaban J connectivity index is 0.000000132. The first-order valence-electron chi connectivity index (χ1n) is 52.2. The second-order valence-corrected chi connectivity index (χ2v) is 45.0. The van der Waals surface area contributed by atoms with E-state index in [-0.39, 0.29) is 21.7 Å². The molecule has 0 aliphatic heterocycles. The molecular formula is C128H154N4+4. The van der Waals surface area contributed by atoms with E-state index < -0.39 is 0 Å². The third kappa shape index (κ3) is 18.5. The number of nitrogens with zero attached hydrogens (tertiary/aromatic N) is 4. The van der Waals surface area contributed by atoms with Crippen LogP contribution in [0.1, 0.15) is 326 Å². The second-order valence-electron chi connectivity index (χ2n) is 45.0. The fourth-order valence-corrected chi connectivity index (χ4v) is 23.0. The minimum atomic E-state index is 0.0305. The molecule has 4 nitrogen and oxygen atoms in total. The van der Waals surface area contributed by atoms with Gasteiger partial charge in [-0.3, -0.25) is 0 Å². The highest BCUT2D eigenvalue weighted by molar-refractivity contribution is 6.05. The molecule has 0 unspecified atom stereocenters. The normalized spacial score (nSPS) is 15.4. The van der Waals surface area contributed by atoms with Crippen LogP contribution in [0.2, 0.25) is 0 Å². The van der Waals surface area contributed by atoms with Gasteiger partial charge in [0.1, 0.15) is 28.2 Å². The van der Waals surface area contributed by atoms with E-state index in [1.54, 1.807) is 0 Å². The fraction of sp³-hybridized carbons (Fsp3) is 0.406. The Kier molecular flexibility index (Phi) is 25.2. The van der Waals surface area contributed by atoms with E-state index in [0.29, 0.717) is 53.3 Å². The van der Waals surface area contributed by atoms with Crippen molar-refractivity contribution < 1.29 is 23.8 Å². The van der Waals surface area contributed by atoms with Crippen molar-refractivity contribution in [2.45, 2.75) is 308 Å². The molecular weight excluding hydrogens is 1590 g/mol. The molecule has 0 radical (unpaired) electrons. The molecule has 3 fully saturated rings. The smallest absolute Gasteiger partial charge is 0.198 e. The van der Waals surface area contributed by atoms with Gasteiger partial charge in [0, 0.05) is 51.9 Å². The molecule has 4 heterocycles. The third-order valence-corrected chi connectivity index (χ3v) is 31.5. The lowest BCUT2D eigenvalue weighted by molar-refractivity contribution is -0.665. The van der Waals surface area contributed by atoms with Gasteiger partial charge >= 0.3 is 0 Å². The number of aryl methyl sites for hydroxylation is 4. The first-order valence-corrected chi connectivity index (χ1v) is 50.2. The van der Waals surface area contributed by atoms with E-state index in [9.17, 15) is 0 Å². The van der Waals surface area contributed by atoms with E-state index in [0.717, 1.165) is 57.2 Å². The van der Waals surface area contributed by atoms with Gasteiger partial charge < -0.3 is 0 Å². The van der Waals surface area contributed by atoms with Gasteiger partial charge in [-0.05, 0) is 323 Å². The molecule has 0 bridgehead atoms. The molecule has 16 aromatic rings. The summed E-state index contributed by atoms with van der Waals surface area (Å²) in [5.74, 6) is 2.45. The Morgan fingerprint density at radius 1 is 0.295 bits per heavy atom. The standard InChI is InChI=1S/C34H42N.C32H38N.C31H36N.C31H38N/c1-22-19-26-20-25(24-15-17-34(6,7)18-16-24)13-14-28(26)32(35(22)8)30-21-31(33(3,4)5)29-12-10-9-11-27(29)23(30)2;1-21-18-25-19-24(23-12-8-7-9-13-23)16-17-27(25)31(33(21)6)29-20-30(32(3,4)5)28-15-11-10-14-26(28)22(29)2;1-20-17-24-18-23(22-11-7-8-12-22)15-16-26(24)30(32(20)6)28-19-29(31(3,4)5)27-14-10-9-13-25(27)21(28)2;1-9-22(10-2)23-15-16-26-24(18-23)17-20(3)32(8)30(26)28-19-29(31(5,6)7)27-14-12-11-13-25(27)21(28)4/h9-14,19-21,24H,15-18H2,1-8H3;10-11,14-20,23H,7-9,12-13H2,1-6H3;9-10,13-19,22H,7-8,11-12H2,1-6H3;11-19,22H,9-10H2,1-8H3/q4*+1/i19D;18D;2*17D. The first kappa shape index (κ1) is 89.2. The number of aromatic nitrogens is 4. The molecule has 4 heteroatoms. The summed E-state index contributed by atoms with van der Waals surface area (Å²) in [6.45, 7) is 54.4. The summed E-state index contributed by atoms with van der Waals surface area (Å²) >= 11 is 0. The number of rotatable bonds is 10. The van der Waals surface area contributed by atoms with Crippen LogP contribution in [0.3, 0.4) is 0 Å². The highest BCUT2D eigenvalue weighted by Gasteiger charge is 2.35. The maximum Gasteiger partial charge on any atom is 0.220 e. The Morgan fingerprint density at radius 2 is 0.530 bits per heavy atom. The van der Waals surface area contributed by atoms with Crippen LogP contribution >= 0.6 is 0 Å². The van der Waals surface area contributed by atoms with Gasteiger partial charge in [-0.1, -0.05) is 288 Å². The zero-order valence-electron chi connectivity index (χ0n) is 89.7. The summed E-state index contributed by atoms with van der Waals surface area (Å²) in [4.78, 5) is 0. The van der Waals surface area contributed by atoms with Crippen molar-refractivity contribution in [3.63, 3.8) is 0 Å². The summed E-state index contributed by atoms with van der Waals surface area (Å²) in [5.41, 5.74) is 31.0. The average Bonchev–Trinajstić information content (AvgIpc) is 0.806. The van der Waals surface area contributed by atoms with Crippen LogP contribution in [0.4, 0.5) is 0 Å². The van der Waals surface area contributed by atoms with Gasteiger partial charge in [-0.15, -0.1) is 0 Å². The highest BCUT2D eigenvalue weighted by Crippen LogP contribution is 2.49. The van der Waals surface area contributed by atoms with Gasteiger partial charge in [0.25, 0.3) is 0 Å². The van der Waals surface area contributed by atoms with Crippen LogP contribution in [-0.2, 0) is 49.9 Å². The van der Waals surface area contributed by atoms with Crippen LogP contribution in [0.5, 0.6) is 0 Å². The Hall–Kier alpha value is -10.7. The predicted octanol–water partition coefficient (Wildman–Crippen LogP) is 33.9. The number of hydrogen-bond acceptors (Lipinski definition) is 0. The van der Waals surface area contributed by atoms with Gasteiger partial charge in [-0.2, -0.15) is 18.3 Å². The molecule has 3 aliphatic carbocycles. The molecule has 0 amide bonds. The molecule has 19 rings (SSSR count). The molecule has 682 valence electrons. The molecule has 0 N–H and O–H groups in total. The fourth-order valence-electron chi connectivity index (χ4n) is 23.0. The van der Waals surface area contributed by atoms with Crippen LogP contribution < -0.4 is 18.3 Å². The second kappa shape index (κ2) is 37.3. The summed E-state index contributed by atoms with van der Waals surface area (Å²) in [7, 11) is 8.49.